The quantitative estimate of drug-likeness (QED) is 0.287. The van der Waals surface area contributed by atoms with Crippen molar-refractivity contribution in [1.82, 2.24) is 0 Å². The number of benzene rings is 3. The Bertz CT molecular complexity index is 1260. The maximum absolute atomic E-state index is 12.7. The van der Waals surface area contributed by atoms with Crippen LogP contribution in [0.1, 0.15) is 53.4 Å². The van der Waals surface area contributed by atoms with Gasteiger partial charge in [-0.05, 0) is 56.0 Å². The minimum Gasteiger partial charge on any atom is -0.456 e. The highest BCUT2D eigenvalue weighted by Crippen LogP contribution is 2.29. The van der Waals surface area contributed by atoms with Crippen LogP contribution < -0.4 is 0 Å². The van der Waals surface area contributed by atoms with Gasteiger partial charge >= 0.3 is 5.97 Å². The zero-order valence-corrected chi connectivity index (χ0v) is 25.0. The van der Waals surface area contributed by atoms with Crippen molar-refractivity contribution in [3.05, 3.63) is 107 Å². The molecule has 5 atom stereocenters. The Labute approximate surface area is 248 Å². The first-order valence-electron chi connectivity index (χ1n) is 14.2. The molecule has 0 aromatic heterocycles. The molecule has 0 amide bonds. The Hall–Kier alpha value is -3.11. The van der Waals surface area contributed by atoms with Gasteiger partial charge in [-0.2, -0.15) is 0 Å². The van der Waals surface area contributed by atoms with Crippen molar-refractivity contribution in [1.29, 1.82) is 0 Å². The molecule has 1 saturated heterocycles. The Balaban J connectivity index is 1.43. The first kappa shape index (κ1) is 31.8. The number of methoxy groups -OCH3 is 1. The van der Waals surface area contributed by atoms with Crippen molar-refractivity contribution >= 4 is 5.97 Å². The molecular formula is C34H42O8. The summed E-state index contributed by atoms with van der Waals surface area (Å²) in [5, 5.41) is 11.4. The molecule has 0 saturated carbocycles. The SMILES string of the molecule is CO[C@H]1O[C@H](COCc2ccc(C)c(C(=O)OC(C)(C)C)c2)[C@@H](O)[C@H](OCc2ccccc2)[C@H]1OCc1ccccc1. The number of hydrogen-bond acceptors (Lipinski definition) is 8. The van der Waals surface area contributed by atoms with Crippen LogP contribution in [0.4, 0.5) is 0 Å². The van der Waals surface area contributed by atoms with E-state index in [9.17, 15) is 9.90 Å². The highest BCUT2D eigenvalue weighted by atomic mass is 16.7. The van der Waals surface area contributed by atoms with Crippen LogP contribution in [0.2, 0.25) is 0 Å². The zero-order valence-electron chi connectivity index (χ0n) is 25.0. The van der Waals surface area contributed by atoms with E-state index in [-0.39, 0.29) is 25.8 Å². The molecular weight excluding hydrogens is 536 g/mol. The molecule has 8 heteroatoms. The van der Waals surface area contributed by atoms with Crippen molar-refractivity contribution in [2.45, 2.75) is 83.8 Å². The summed E-state index contributed by atoms with van der Waals surface area (Å²) >= 11 is 0. The molecule has 0 radical (unpaired) electrons. The molecule has 1 aliphatic rings. The maximum atomic E-state index is 12.7. The molecule has 0 bridgehead atoms. The Kier molecular flexibility index (Phi) is 11.3. The topological polar surface area (TPSA) is 92.7 Å². The van der Waals surface area contributed by atoms with Crippen molar-refractivity contribution in [2.24, 2.45) is 0 Å². The smallest absolute Gasteiger partial charge is 0.338 e. The van der Waals surface area contributed by atoms with Crippen LogP contribution in [0, 0.1) is 6.92 Å². The number of rotatable bonds is 12. The lowest BCUT2D eigenvalue weighted by atomic mass is 9.98. The first-order valence-corrected chi connectivity index (χ1v) is 14.2. The van der Waals surface area contributed by atoms with Crippen molar-refractivity contribution in [3.8, 4) is 0 Å². The maximum Gasteiger partial charge on any atom is 0.338 e. The van der Waals surface area contributed by atoms with Gasteiger partial charge in [0.25, 0.3) is 0 Å². The highest BCUT2D eigenvalue weighted by molar-refractivity contribution is 5.91. The van der Waals surface area contributed by atoms with Gasteiger partial charge in [0.2, 0.25) is 0 Å². The van der Waals surface area contributed by atoms with E-state index in [1.807, 2.05) is 100 Å². The molecule has 42 heavy (non-hydrogen) atoms. The van der Waals surface area contributed by atoms with Crippen molar-refractivity contribution < 1.29 is 38.3 Å². The van der Waals surface area contributed by atoms with Crippen LogP contribution in [-0.4, -0.2) is 61.1 Å². The molecule has 1 heterocycles. The van der Waals surface area contributed by atoms with E-state index in [0.29, 0.717) is 12.2 Å². The lowest BCUT2D eigenvalue weighted by Gasteiger charge is -2.43. The fourth-order valence-electron chi connectivity index (χ4n) is 4.72. The highest BCUT2D eigenvalue weighted by Gasteiger charge is 2.47. The van der Waals surface area contributed by atoms with E-state index in [1.54, 1.807) is 6.07 Å². The van der Waals surface area contributed by atoms with Gasteiger partial charge in [-0.15, -0.1) is 0 Å². The fourth-order valence-corrected chi connectivity index (χ4v) is 4.72. The van der Waals surface area contributed by atoms with Gasteiger partial charge in [0.05, 0.1) is 32.0 Å². The molecule has 8 nitrogen and oxygen atoms in total. The Morgan fingerprint density at radius 2 is 1.43 bits per heavy atom. The summed E-state index contributed by atoms with van der Waals surface area (Å²) in [6.07, 6.45) is -3.98. The third kappa shape index (κ3) is 8.94. The van der Waals surface area contributed by atoms with Crippen LogP contribution in [0.15, 0.2) is 78.9 Å². The molecule has 4 rings (SSSR count). The van der Waals surface area contributed by atoms with Crippen LogP contribution >= 0.6 is 0 Å². The lowest BCUT2D eigenvalue weighted by molar-refractivity contribution is -0.315. The van der Waals surface area contributed by atoms with Gasteiger partial charge in [0, 0.05) is 7.11 Å². The first-order chi connectivity index (χ1) is 20.1. The number of carbonyl (C=O) groups is 1. The van der Waals surface area contributed by atoms with E-state index >= 15 is 0 Å². The van der Waals surface area contributed by atoms with Gasteiger partial charge in [-0.3, -0.25) is 0 Å². The molecule has 1 fully saturated rings. The van der Waals surface area contributed by atoms with E-state index in [0.717, 1.165) is 22.3 Å². The third-order valence-corrected chi connectivity index (χ3v) is 6.89. The molecule has 3 aromatic rings. The minimum atomic E-state index is -1.05. The van der Waals surface area contributed by atoms with E-state index < -0.39 is 36.3 Å². The van der Waals surface area contributed by atoms with Crippen molar-refractivity contribution in [2.75, 3.05) is 13.7 Å². The van der Waals surface area contributed by atoms with E-state index in [4.69, 9.17) is 28.4 Å². The second kappa shape index (κ2) is 14.9. The normalized spacial score (nSPS) is 22.6. The number of aryl methyl sites for hydroxylation is 1. The summed E-state index contributed by atoms with van der Waals surface area (Å²) in [5.74, 6) is -0.379. The molecule has 1 N–H and O–H groups in total. The summed E-state index contributed by atoms with van der Waals surface area (Å²) < 4.78 is 35.8. The van der Waals surface area contributed by atoms with Crippen LogP contribution in [0.3, 0.4) is 0 Å². The number of hydrogen-bond donors (Lipinski definition) is 1. The van der Waals surface area contributed by atoms with Crippen LogP contribution in [0.25, 0.3) is 0 Å². The number of carbonyl (C=O) groups excluding carboxylic acids is 1. The van der Waals surface area contributed by atoms with Crippen LogP contribution in [-0.2, 0) is 48.2 Å². The van der Waals surface area contributed by atoms with Gasteiger partial charge in [0.15, 0.2) is 6.29 Å². The Morgan fingerprint density at radius 1 is 0.833 bits per heavy atom. The average molecular weight is 579 g/mol. The fraction of sp³-hybridized carbons (Fsp3) is 0.441. The molecule has 226 valence electrons. The summed E-state index contributed by atoms with van der Waals surface area (Å²) in [6.45, 7) is 8.26. The predicted octanol–water partition coefficient (Wildman–Crippen LogP) is 5.37. The number of esters is 1. The van der Waals surface area contributed by atoms with E-state index in [1.165, 1.54) is 7.11 Å². The van der Waals surface area contributed by atoms with Gasteiger partial charge < -0.3 is 33.5 Å². The summed E-state index contributed by atoms with van der Waals surface area (Å²) in [6, 6.07) is 25.1. The second-order valence-corrected chi connectivity index (χ2v) is 11.5. The summed E-state index contributed by atoms with van der Waals surface area (Å²) in [7, 11) is 1.54. The van der Waals surface area contributed by atoms with E-state index in [2.05, 4.69) is 0 Å². The number of aliphatic hydroxyl groups excluding tert-OH is 1. The van der Waals surface area contributed by atoms with Gasteiger partial charge in [-0.1, -0.05) is 72.8 Å². The van der Waals surface area contributed by atoms with Crippen molar-refractivity contribution in [3.63, 3.8) is 0 Å². The van der Waals surface area contributed by atoms with Gasteiger partial charge in [-0.25, -0.2) is 4.79 Å². The summed E-state index contributed by atoms with van der Waals surface area (Å²) in [5.41, 5.74) is 3.48. The predicted molar refractivity (Wildman–Crippen MR) is 158 cm³/mol. The number of ether oxygens (including phenoxy) is 6. The molecule has 0 aliphatic carbocycles. The Morgan fingerprint density at radius 3 is 2.00 bits per heavy atom. The average Bonchev–Trinajstić information content (AvgIpc) is 2.97. The second-order valence-electron chi connectivity index (χ2n) is 11.5. The lowest BCUT2D eigenvalue weighted by Crippen LogP contribution is -2.60. The third-order valence-electron chi connectivity index (χ3n) is 6.89. The number of aliphatic hydroxyl groups is 1. The molecule has 0 spiro atoms. The molecule has 0 unspecified atom stereocenters. The molecule has 3 aromatic carbocycles. The molecule has 1 aliphatic heterocycles. The van der Waals surface area contributed by atoms with Gasteiger partial charge in [0.1, 0.15) is 30.0 Å². The minimum absolute atomic E-state index is 0.0767. The monoisotopic (exact) mass is 578 g/mol. The summed E-state index contributed by atoms with van der Waals surface area (Å²) in [4.78, 5) is 12.7. The zero-order chi connectivity index (χ0) is 30.1. The van der Waals surface area contributed by atoms with Crippen LogP contribution in [0.5, 0.6) is 0 Å². The largest absolute Gasteiger partial charge is 0.456 e. The standard InChI is InChI=1S/C34H42O8/c1-23-16-17-26(18-27(23)32(36)42-34(2,3)4)19-38-22-28-29(35)30(39-20-24-12-8-6-9-13-24)31(33(37-5)41-28)40-21-25-14-10-7-11-15-25/h6-18,28-31,33,35H,19-22H2,1-5H3/t28-,29-,30+,31-,33+/m1/s1.